The lowest BCUT2D eigenvalue weighted by Crippen LogP contribution is -2.19. The van der Waals surface area contributed by atoms with Crippen LogP contribution in [0.5, 0.6) is 0 Å². The zero-order valence-electron chi connectivity index (χ0n) is 9.68. The number of halogens is 1. The molecule has 2 rings (SSSR count). The highest BCUT2D eigenvalue weighted by molar-refractivity contribution is 6.30. The summed E-state index contributed by atoms with van der Waals surface area (Å²) in [7, 11) is 2.16. The zero-order chi connectivity index (χ0) is 11.1. The van der Waals surface area contributed by atoms with Gasteiger partial charge in [0, 0.05) is 24.3 Å². The highest BCUT2D eigenvalue weighted by Gasteiger charge is 2.27. The van der Waals surface area contributed by atoms with E-state index in [1.165, 1.54) is 24.1 Å². The van der Waals surface area contributed by atoms with E-state index >= 15 is 0 Å². The Kier molecular flexibility index (Phi) is 2.68. The normalized spacial score (nSPS) is 19.6. The molecule has 1 heterocycles. The first-order chi connectivity index (χ1) is 7.00. The van der Waals surface area contributed by atoms with Crippen molar-refractivity contribution in [1.82, 2.24) is 0 Å². The van der Waals surface area contributed by atoms with Gasteiger partial charge < -0.3 is 4.90 Å². The molecule has 1 nitrogen and oxygen atoms in total. The number of hydrogen-bond acceptors (Lipinski definition) is 1. The minimum atomic E-state index is 0.241. The van der Waals surface area contributed by atoms with Crippen molar-refractivity contribution < 1.29 is 0 Å². The van der Waals surface area contributed by atoms with Crippen LogP contribution < -0.4 is 4.90 Å². The summed E-state index contributed by atoms with van der Waals surface area (Å²) in [5, 5.41) is 0.845. The largest absolute Gasteiger partial charge is 0.374 e. The predicted molar refractivity (Wildman–Crippen MR) is 67.0 cm³/mol. The standard InChI is InChI=1S/C13H18ClN/c1-13(2)7-4-8-15(3)12-6-5-10(14)9-11(12)13/h5-6,9H,4,7-8H2,1-3H3. The van der Waals surface area contributed by atoms with E-state index in [-0.39, 0.29) is 5.41 Å². The molecule has 82 valence electrons. The third-order valence-electron chi connectivity index (χ3n) is 3.39. The topological polar surface area (TPSA) is 3.24 Å². The van der Waals surface area contributed by atoms with Gasteiger partial charge in [0.1, 0.15) is 0 Å². The summed E-state index contributed by atoms with van der Waals surface area (Å²) in [6.45, 7) is 5.75. The molecule has 0 saturated carbocycles. The van der Waals surface area contributed by atoms with Crippen LogP contribution in [0, 0.1) is 0 Å². The Morgan fingerprint density at radius 1 is 1.33 bits per heavy atom. The lowest BCUT2D eigenvalue weighted by Gasteiger charge is -2.26. The molecule has 15 heavy (non-hydrogen) atoms. The van der Waals surface area contributed by atoms with Gasteiger partial charge in [0.2, 0.25) is 0 Å². The van der Waals surface area contributed by atoms with Gasteiger partial charge in [0.15, 0.2) is 0 Å². The van der Waals surface area contributed by atoms with E-state index in [9.17, 15) is 0 Å². The fourth-order valence-corrected chi connectivity index (χ4v) is 2.57. The number of fused-ring (bicyclic) bond motifs is 1. The van der Waals surface area contributed by atoms with Crippen molar-refractivity contribution in [3.63, 3.8) is 0 Å². The second kappa shape index (κ2) is 3.71. The Balaban J connectivity index is 2.57. The molecule has 0 atom stereocenters. The molecule has 0 unspecified atom stereocenters. The van der Waals surface area contributed by atoms with Crippen molar-refractivity contribution in [3.05, 3.63) is 28.8 Å². The smallest absolute Gasteiger partial charge is 0.0410 e. The molecule has 0 amide bonds. The molecule has 1 aromatic carbocycles. The molecule has 0 aromatic heterocycles. The van der Waals surface area contributed by atoms with Crippen LogP contribution in [0.2, 0.25) is 5.02 Å². The van der Waals surface area contributed by atoms with E-state index in [4.69, 9.17) is 11.6 Å². The van der Waals surface area contributed by atoms with Crippen molar-refractivity contribution >= 4 is 17.3 Å². The molecule has 2 heteroatoms. The minimum Gasteiger partial charge on any atom is -0.374 e. The van der Waals surface area contributed by atoms with Crippen LogP contribution >= 0.6 is 11.6 Å². The summed E-state index contributed by atoms with van der Waals surface area (Å²) in [5.41, 5.74) is 2.96. The van der Waals surface area contributed by atoms with Gasteiger partial charge in [0.05, 0.1) is 0 Å². The van der Waals surface area contributed by atoms with Gasteiger partial charge in [-0.2, -0.15) is 0 Å². The Hall–Kier alpha value is -0.690. The Labute approximate surface area is 97.0 Å². The molecule has 0 radical (unpaired) electrons. The van der Waals surface area contributed by atoms with Gasteiger partial charge in [-0.05, 0) is 42.0 Å². The third kappa shape index (κ3) is 1.98. The SMILES string of the molecule is CN1CCCC(C)(C)c2cc(Cl)ccc21. The second-order valence-corrected chi connectivity index (χ2v) is 5.51. The van der Waals surface area contributed by atoms with Crippen molar-refractivity contribution in [2.24, 2.45) is 0 Å². The molecule has 0 aliphatic carbocycles. The van der Waals surface area contributed by atoms with Gasteiger partial charge in [0.25, 0.3) is 0 Å². The average molecular weight is 224 g/mol. The number of benzene rings is 1. The van der Waals surface area contributed by atoms with Crippen LogP contribution in [0.1, 0.15) is 32.3 Å². The molecular weight excluding hydrogens is 206 g/mol. The van der Waals surface area contributed by atoms with E-state index < -0.39 is 0 Å². The summed E-state index contributed by atoms with van der Waals surface area (Å²) >= 11 is 6.09. The summed E-state index contributed by atoms with van der Waals surface area (Å²) < 4.78 is 0. The molecule has 0 spiro atoms. The van der Waals surface area contributed by atoms with Crippen molar-refractivity contribution in [1.29, 1.82) is 0 Å². The Morgan fingerprint density at radius 3 is 2.80 bits per heavy atom. The van der Waals surface area contributed by atoms with Crippen LogP contribution in [0.15, 0.2) is 18.2 Å². The highest BCUT2D eigenvalue weighted by Crippen LogP contribution is 2.39. The molecule has 1 aliphatic heterocycles. The lowest BCUT2D eigenvalue weighted by atomic mass is 9.80. The van der Waals surface area contributed by atoms with E-state index in [2.05, 4.69) is 37.9 Å². The summed E-state index contributed by atoms with van der Waals surface area (Å²) in [6.07, 6.45) is 2.47. The van der Waals surface area contributed by atoms with Crippen LogP contribution in [-0.4, -0.2) is 13.6 Å². The number of hydrogen-bond donors (Lipinski definition) is 0. The lowest BCUT2D eigenvalue weighted by molar-refractivity contribution is 0.477. The molecule has 0 fully saturated rings. The zero-order valence-corrected chi connectivity index (χ0v) is 10.4. The van der Waals surface area contributed by atoms with Crippen LogP contribution in [0.25, 0.3) is 0 Å². The third-order valence-corrected chi connectivity index (χ3v) is 3.63. The first kappa shape index (κ1) is 10.8. The van der Waals surface area contributed by atoms with Gasteiger partial charge in [-0.15, -0.1) is 0 Å². The molecule has 0 N–H and O–H groups in total. The maximum absolute atomic E-state index is 6.09. The predicted octanol–water partition coefficient (Wildman–Crippen LogP) is 3.85. The van der Waals surface area contributed by atoms with Gasteiger partial charge in [-0.1, -0.05) is 25.4 Å². The number of rotatable bonds is 0. The summed E-state index contributed by atoms with van der Waals surface area (Å²) in [6, 6.07) is 6.25. The van der Waals surface area contributed by atoms with Crippen LogP contribution in [0.3, 0.4) is 0 Å². The highest BCUT2D eigenvalue weighted by atomic mass is 35.5. The molecular formula is C13H18ClN. The van der Waals surface area contributed by atoms with E-state index in [1.54, 1.807) is 0 Å². The minimum absolute atomic E-state index is 0.241. The van der Waals surface area contributed by atoms with Crippen molar-refractivity contribution in [2.45, 2.75) is 32.1 Å². The van der Waals surface area contributed by atoms with E-state index in [0.29, 0.717) is 0 Å². The fourth-order valence-electron chi connectivity index (χ4n) is 2.40. The van der Waals surface area contributed by atoms with Crippen LogP contribution in [0.4, 0.5) is 5.69 Å². The first-order valence-corrected chi connectivity index (χ1v) is 5.90. The maximum Gasteiger partial charge on any atom is 0.0410 e. The summed E-state index contributed by atoms with van der Waals surface area (Å²) in [4.78, 5) is 2.33. The monoisotopic (exact) mass is 223 g/mol. The van der Waals surface area contributed by atoms with E-state index in [1.807, 2.05) is 6.07 Å². The fraction of sp³-hybridized carbons (Fsp3) is 0.538. The Bertz CT molecular complexity index is 371. The molecule has 1 aliphatic rings. The van der Waals surface area contributed by atoms with Gasteiger partial charge >= 0.3 is 0 Å². The number of anilines is 1. The number of nitrogens with zero attached hydrogens (tertiary/aromatic N) is 1. The second-order valence-electron chi connectivity index (χ2n) is 5.07. The first-order valence-electron chi connectivity index (χ1n) is 5.52. The maximum atomic E-state index is 6.09. The molecule has 1 aromatic rings. The van der Waals surface area contributed by atoms with Crippen molar-refractivity contribution in [2.75, 3.05) is 18.5 Å². The van der Waals surface area contributed by atoms with Gasteiger partial charge in [-0.3, -0.25) is 0 Å². The average Bonchev–Trinajstić information content (AvgIpc) is 2.26. The van der Waals surface area contributed by atoms with Crippen LogP contribution in [-0.2, 0) is 5.41 Å². The van der Waals surface area contributed by atoms with Gasteiger partial charge in [-0.25, -0.2) is 0 Å². The quantitative estimate of drug-likeness (QED) is 0.646. The molecule has 0 saturated heterocycles. The van der Waals surface area contributed by atoms with E-state index in [0.717, 1.165) is 11.6 Å². The summed E-state index contributed by atoms with van der Waals surface area (Å²) in [5.74, 6) is 0. The Morgan fingerprint density at radius 2 is 2.07 bits per heavy atom. The molecule has 0 bridgehead atoms. The van der Waals surface area contributed by atoms with Crippen molar-refractivity contribution in [3.8, 4) is 0 Å².